The van der Waals surface area contributed by atoms with E-state index in [0.717, 1.165) is 5.56 Å². The van der Waals surface area contributed by atoms with Crippen molar-refractivity contribution >= 4 is 11.9 Å². The van der Waals surface area contributed by atoms with Crippen LogP contribution in [0.25, 0.3) is 10.4 Å². The lowest BCUT2D eigenvalue weighted by molar-refractivity contribution is -0.402. The molecule has 0 aromatic heterocycles. The van der Waals surface area contributed by atoms with Gasteiger partial charge < -0.3 is 56.8 Å². The minimum atomic E-state index is -1.14. The Labute approximate surface area is 372 Å². The molecule has 0 radical (unpaired) electrons. The predicted octanol–water partition coefficient (Wildman–Crippen LogP) is 7.39. The minimum absolute atomic E-state index is 0.00242. The van der Waals surface area contributed by atoms with E-state index in [1.807, 2.05) is 51.1 Å². The Morgan fingerprint density at radius 1 is 0.635 bits per heavy atom. The van der Waals surface area contributed by atoms with Gasteiger partial charge in [0, 0.05) is 48.6 Å². The first-order valence-corrected chi connectivity index (χ1v) is 23.1. The van der Waals surface area contributed by atoms with E-state index in [0.29, 0.717) is 19.3 Å². The lowest BCUT2D eigenvalue weighted by atomic mass is 9.82. The summed E-state index contributed by atoms with van der Waals surface area (Å²) in [5, 5.41) is 3.58. The fourth-order valence-corrected chi connectivity index (χ4v) is 9.76. The quantitative estimate of drug-likeness (QED) is 0.0524. The molecule has 0 bridgehead atoms. The molecule has 5 aliphatic heterocycles. The summed E-state index contributed by atoms with van der Waals surface area (Å²) in [7, 11) is 0. The molecule has 63 heavy (non-hydrogen) atoms. The Morgan fingerprint density at radius 3 is 1.76 bits per heavy atom. The van der Waals surface area contributed by atoms with Gasteiger partial charge in [0.15, 0.2) is 43.7 Å². The summed E-state index contributed by atoms with van der Waals surface area (Å²) in [5.74, 6) is -1.29. The van der Waals surface area contributed by atoms with Gasteiger partial charge in [-0.25, -0.2) is 0 Å². The smallest absolute Gasteiger partial charge is 0.303 e. The van der Waals surface area contributed by atoms with Gasteiger partial charge in [0.05, 0.1) is 43.7 Å². The van der Waals surface area contributed by atoms with Crippen LogP contribution < -0.4 is 0 Å². The highest BCUT2D eigenvalue weighted by molar-refractivity contribution is 5.66. The second-order valence-corrected chi connectivity index (χ2v) is 18.0. The van der Waals surface area contributed by atoms with Crippen LogP contribution >= 0.6 is 0 Å². The van der Waals surface area contributed by atoms with Gasteiger partial charge in [0.25, 0.3) is 0 Å². The fraction of sp³-hybridized carbons (Fsp3) is 0.826. The van der Waals surface area contributed by atoms with E-state index < -0.39 is 86.1 Å². The maximum atomic E-state index is 13.1. The molecular formula is C46H71N3O14. The fourth-order valence-electron chi connectivity index (χ4n) is 9.76. The number of rotatable bonds is 16. The van der Waals surface area contributed by atoms with Crippen molar-refractivity contribution in [2.45, 2.75) is 188 Å². The van der Waals surface area contributed by atoms with E-state index >= 15 is 0 Å². The zero-order valence-electron chi connectivity index (χ0n) is 38.8. The molecule has 0 saturated carbocycles. The number of hydrogen-bond acceptors (Lipinski definition) is 15. The van der Waals surface area contributed by atoms with Crippen LogP contribution in [-0.2, 0) is 66.4 Å². The Kier molecular flexibility index (Phi) is 17.7. The number of hydrogen-bond donors (Lipinski definition) is 0. The summed E-state index contributed by atoms with van der Waals surface area (Å²) in [4.78, 5) is 28.4. The van der Waals surface area contributed by atoms with Crippen molar-refractivity contribution < 1.29 is 66.4 Å². The molecule has 0 N–H and O–H groups in total. The average Bonchev–Trinajstić information content (AvgIpc) is 3.27. The van der Waals surface area contributed by atoms with E-state index in [2.05, 4.69) is 51.6 Å². The van der Waals surface area contributed by atoms with Gasteiger partial charge >= 0.3 is 11.9 Å². The number of carbonyl (C=O) groups is 2. The normalized spacial score (nSPS) is 42.9. The number of ether oxygens (including phenoxy) is 12. The maximum absolute atomic E-state index is 13.1. The van der Waals surface area contributed by atoms with E-state index in [-0.39, 0.29) is 73.6 Å². The predicted molar refractivity (Wildman–Crippen MR) is 226 cm³/mol. The molecule has 5 fully saturated rings. The van der Waals surface area contributed by atoms with Gasteiger partial charge in [-0.15, -0.1) is 0 Å². The summed E-state index contributed by atoms with van der Waals surface area (Å²) >= 11 is 0. The molecule has 6 rings (SSSR count). The molecule has 17 nitrogen and oxygen atoms in total. The molecule has 21 atom stereocenters. The van der Waals surface area contributed by atoms with Crippen LogP contribution in [-0.4, -0.2) is 118 Å². The molecule has 9 unspecified atom stereocenters. The van der Waals surface area contributed by atoms with Gasteiger partial charge in [-0.2, -0.15) is 0 Å². The minimum Gasteiger partial charge on any atom is -0.457 e. The molecule has 5 aliphatic rings. The van der Waals surface area contributed by atoms with Crippen LogP contribution in [0.5, 0.6) is 0 Å². The van der Waals surface area contributed by atoms with Crippen LogP contribution in [0.3, 0.4) is 0 Å². The molecule has 17 heteroatoms. The number of nitrogens with zero attached hydrogens (tertiary/aromatic N) is 3. The Bertz CT molecular complexity index is 1670. The second-order valence-electron chi connectivity index (χ2n) is 18.0. The highest BCUT2D eigenvalue weighted by atomic mass is 16.8. The average molecular weight is 890 g/mol. The van der Waals surface area contributed by atoms with Crippen LogP contribution in [0.4, 0.5) is 0 Å². The third-order valence-corrected chi connectivity index (χ3v) is 14.0. The van der Waals surface area contributed by atoms with Crippen LogP contribution in [0, 0.1) is 35.5 Å². The number of esters is 2. The molecule has 0 amide bonds. The topological polar surface area (TPSA) is 194 Å². The van der Waals surface area contributed by atoms with Gasteiger partial charge in [0.2, 0.25) is 0 Å². The summed E-state index contributed by atoms with van der Waals surface area (Å²) in [5.41, 5.74) is 9.47. The highest BCUT2D eigenvalue weighted by Crippen LogP contribution is 2.44. The first-order chi connectivity index (χ1) is 30.2. The Hall–Kier alpha value is -2.93. The van der Waals surface area contributed by atoms with Crippen molar-refractivity contribution in [1.29, 1.82) is 0 Å². The first-order valence-electron chi connectivity index (χ1n) is 23.1. The monoisotopic (exact) mass is 889 g/mol. The summed E-state index contributed by atoms with van der Waals surface area (Å²) < 4.78 is 78.4. The lowest BCUT2D eigenvalue weighted by Gasteiger charge is -2.53. The van der Waals surface area contributed by atoms with E-state index in [1.54, 1.807) is 0 Å². The highest BCUT2D eigenvalue weighted by Gasteiger charge is 2.57. The van der Waals surface area contributed by atoms with E-state index in [4.69, 9.17) is 62.4 Å². The lowest BCUT2D eigenvalue weighted by Crippen LogP contribution is -2.67. The Morgan fingerprint density at radius 2 is 1.16 bits per heavy atom. The number of azide groups is 1. The molecule has 1 aromatic carbocycles. The van der Waals surface area contributed by atoms with Crippen LogP contribution in [0.1, 0.15) is 107 Å². The number of fused-ring (bicyclic) bond motifs is 1. The summed E-state index contributed by atoms with van der Waals surface area (Å²) in [6, 6.07) is 9.55. The zero-order chi connectivity index (χ0) is 45.5. The van der Waals surface area contributed by atoms with Gasteiger partial charge in [-0.1, -0.05) is 97.8 Å². The summed E-state index contributed by atoms with van der Waals surface area (Å²) in [6.45, 7) is 22.0. The standard InChI is InChI=1S/C46H71N3O14/c1-12-32-23(4)24(5)38(54-29(10)50)45(56-32)63-40-39-35(22-53-44(62-39)31-18-16-15-17-19-31)59-46(41(40)55-30(11)51)61-37-26(7)28(9)43(58-34(37)14-3)60-36-25(6)27(8)42(57-33(36)13-2)52-21-20-48-49-47/h15-19,23-28,32-46H,12-14,20-22H2,1-11H3/t23-,24?,25+,26+,27?,28?,32-,33?,34?,35?,36-,37-,38?,39+,40-,41?,42+,43-,44?,45+,46-/m0/s1. The van der Waals surface area contributed by atoms with Crippen molar-refractivity contribution in [2.75, 3.05) is 19.8 Å². The maximum Gasteiger partial charge on any atom is 0.303 e. The van der Waals surface area contributed by atoms with Crippen LogP contribution in [0.2, 0.25) is 0 Å². The summed E-state index contributed by atoms with van der Waals surface area (Å²) in [6.07, 6.45) is -8.06. The van der Waals surface area contributed by atoms with Crippen molar-refractivity contribution in [1.82, 2.24) is 0 Å². The molecule has 5 heterocycles. The zero-order valence-corrected chi connectivity index (χ0v) is 38.8. The van der Waals surface area contributed by atoms with E-state index in [9.17, 15) is 9.59 Å². The first kappa shape index (κ1) is 49.5. The van der Waals surface area contributed by atoms with Crippen molar-refractivity contribution in [3.63, 3.8) is 0 Å². The SMILES string of the molecule is CCC1O[C@@H](OCCN=[N+]=[N-])C(C)[C@@H](C)[C@@H]1O[C@@H]1OC(CC)[C@@H](O[C@@H]2OC3COC(c4ccccc4)O[C@H]3[C@H](O[C@H]3O[C@@H](CC)[C@@H](C)C(C)C3OC(C)=O)C2OC(C)=O)[C@H](C)C1C. The van der Waals surface area contributed by atoms with Crippen molar-refractivity contribution in [2.24, 2.45) is 40.6 Å². The largest absolute Gasteiger partial charge is 0.457 e. The molecule has 354 valence electrons. The molecule has 5 saturated heterocycles. The van der Waals surface area contributed by atoms with Gasteiger partial charge in [-0.3, -0.25) is 9.59 Å². The van der Waals surface area contributed by atoms with Crippen molar-refractivity contribution in [3.8, 4) is 0 Å². The van der Waals surface area contributed by atoms with Gasteiger partial charge in [0.1, 0.15) is 18.3 Å². The van der Waals surface area contributed by atoms with Gasteiger partial charge in [-0.05, 0) is 42.5 Å². The van der Waals surface area contributed by atoms with Crippen LogP contribution in [0.15, 0.2) is 35.4 Å². The number of carbonyl (C=O) groups excluding carboxylic acids is 2. The van der Waals surface area contributed by atoms with Crippen molar-refractivity contribution in [3.05, 3.63) is 46.3 Å². The third kappa shape index (κ3) is 11.4. The molecule has 1 aromatic rings. The van der Waals surface area contributed by atoms with E-state index in [1.165, 1.54) is 13.8 Å². The molecular weight excluding hydrogens is 819 g/mol. The third-order valence-electron chi connectivity index (χ3n) is 14.0. The molecule has 0 aliphatic carbocycles. The Balaban J connectivity index is 1.26. The molecule has 0 spiro atoms. The number of benzene rings is 1. The second kappa shape index (κ2) is 22.5.